The third-order valence-electron chi connectivity index (χ3n) is 3.59. The molecule has 1 heterocycles. The average Bonchev–Trinajstić information content (AvgIpc) is 3.09. The van der Waals surface area contributed by atoms with Crippen LogP contribution in [-0.4, -0.2) is 29.6 Å². The zero-order valence-corrected chi connectivity index (χ0v) is 14.6. The first kappa shape index (κ1) is 18.2. The van der Waals surface area contributed by atoms with Crippen molar-refractivity contribution >= 4 is 34.4 Å². The summed E-state index contributed by atoms with van der Waals surface area (Å²) in [6.45, 7) is -0.280. The van der Waals surface area contributed by atoms with E-state index in [0.717, 1.165) is 6.07 Å². The topological polar surface area (TPSA) is 105 Å². The number of nitro groups is 1. The number of aromatic nitrogens is 1. The molecule has 0 aliphatic carbocycles. The van der Waals surface area contributed by atoms with Gasteiger partial charge in [0, 0.05) is 17.7 Å². The molecule has 0 fully saturated rings. The first-order valence-electron chi connectivity index (χ1n) is 7.48. The molecule has 2 aromatic carbocycles. The molecule has 1 aromatic heterocycles. The van der Waals surface area contributed by atoms with Gasteiger partial charge in [0.25, 0.3) is 5.69 Å². The van der Waals surface area contributed by atoms with Crippen LogP contribution in [0.15, 0.2) is 34.7 Å². The number of hydrogen-bond donors (Lipinski definition) is 0. The Morgan fingerprint density at radius 1 is 1.41 bits per heavy atom. The van der Waals surface area contributed by atoms with Gasteiger partial charge < -0.3 is 13.9 Å². The quantitative estimate of drug-likeness (QED) is 0.284. The fourth-order valence-electron chi connectivity index (χ4n) is 2.38. The molecule has 0 aliphatic rings. The van der Waals surface area contributed by atoms with Crippen LogP contribution in [0.3, 0.4) is 0 Å². The van der Waals surface area contributed by atoms with E-state index in [-0.39, 0.29) is 34.8 Å². The van der Waals surface area contributed by atoms with Gasteiger partial charge in [-0.25, -0.2) is 9.78 Å². The van der Waals surface area contributed by atoms with Crippen molar-refractivity contribution in [2.24, 2.45) is 0 Å². The van der Waals surface area contributed by atoms with Gasteiger partial charge in [-0.05, 0) is 18.2 Å². The molecule has 0 aliphatic heterocycles. The summed E-state index contributed by atoms with van der Waals surface area (Å²) in [4.78, 5) is 27.0. The van der Waals surface area contributed by atoms with Gasteiger partial charge in [-0.15, -0.1) is 6.42 Å². The van der Waals surface area contributed by atoms with E-state index in [1.54, 1.807) is 18.2 Å². The van der Waals surface area contributed by atoms with Gasteiger partial charge in [-0.1, -0.05) is 17.5 Å². The Morgan fingerprint density at radius 3 is 2.81 bits per heavy atom. The molecule has 0 radical (unpaired) electrons. The van der Waals surface area contributed by atoms with E-state index in [0.29, 0.717) is 16.3 Å². The Labute approximate surface area is 157 Å². The molecule has 27 heavy (non-hydrogen) atoms. The van der Waals surface area contributed by atoms with Crippen LogP contribution in [0.2, 0.25) is 5.02 Å². The van der Waals surface area contributed by atoms with Crippen LogP contribution < -0.4 is 4.74 Å². The zero-order valence-electron chi connectivity index (χ0n) is 13.9. The van der Waals surface area contributed by atoms with E-state index in [4.69, 9.17) is 31.9 Å². The van der Waals surface area contributed by atoms with E-state index < -0.39 is 10.9 Å². The maximum atomic E-state index is 12.2. The van der Waals surface area contributed by atoms with E-state index in [9.17, 15) is 14.9 Å². The normalized spacial score (nSPS) is 10.4. The number of methoxy groups -OCH3 is 1. The zero-order chi connectivity index (χ0) is 19.6. The molecule has 0 bridgehead atoms. The minimum atomic E-state index is -0.850. The van der Waals surface area contributed by atoms with Gasteiger partial charge in [0.15, 0.2) is 12.2 Å². The van der Waals surface area contributed by atoms with Crippen molar-refractivity contribution in [2.75, 3.05) is 13.7 Å². The summed E-state index contributed by atoms with van der Waals surface area (Å²) in [7, 11) is 1.48. The maximum Gasteiger partial charge on any atom is 0.343 e. The second kappa shape index (κ2) is 7.35. The van der Waals surface area contributed by atoms with Gasteiger partial charge in [0.1, 0.15) is 16.8 Å². The highest BCUT2D eigenvalue weighted by molar-refractivity contribution is 6.32. The Balaban J connectivity index is 2.15. The molecular weight excluding hydrogens is 376 g/mol. The Hall–Kier alpha value is -3.57. The number of ether oxygens (including phenoxy) is 2. The Bertz CT molecular complexity index is 1100. The number of hydrogen-bond acceptors (Lipinski definition) is 7. The lowest BCUT2D eigenvalue weighted by Gasteiger charge is -2.03. The van der Waals surface area contributed by atoms with Crippen molar-refractivity contribution in [3.8, 4) is 29.5 Å². The average molecular weight is 387 g/mol. The number of halogens is 1. The van der Waals surface area contributed by atoms with Gasteiger partial charge in [0.2, 0.25) is 5.89 Å². The third-order valence-corrected chi connectivity index (χ3v) is 3.89. The van der Waals surface area contributed by atoms with Crippen molar-refractivity contribution in [1.29, 1.82) is 0 Å². The lowest BCUT2D eigenvalue weighted by molar-refractivity contribution is -0.384. The molecule has 3 aromatic rings. The van der Waals surface area contributed by atoms with Crippen LogP contribution in [0.1, 0.15) is 10.4 Å². The second-order valence-corrected chi connectivity index (χ2v) is 5.65. The minimum Gasteiger partial charge on any atom is -0.495 e. The molecule has 0 atom stereocenters. The molecule has 8 nitrogen and oxygen atoms in total. The second-order valence-electron chi connectivity index (χ2n) is 5.25. The summed E-state index contributed by atoms with van der Waals surface area (Å²) in [5.74, 6) is 1.89. The summed E-state index contributed by atoms with van der Waals surface area (Å²) in [6.07, 6.45) is 5.07. The van der Waals surface area contributed by atoms with Crippen molar-refractivity contribution in [3.05, 3.63) is 51.0 Å². The minimum absolute atomic E-state index is 0.0459. The first-order valence-corrected chi connectivity index (χ1v) is 7.86. The van der Waals surface area contributed by atoms with Crippen molar-refractivity contribution < 1.29 is 23.6 Å². The molecule has 0 N–H and O–H groups in total. The number of esters is 1. The predicted octanol–water partition coefficient (Wildman–Crippen LogP) is 3.86. The molecular formula is C18H11ClN2O6. The smallest absolute Gasteiger partial charge is 0.343 e. The molecule has 0 amide bonds. The number of carbonyl (C=O) groups excluding carboxylic acids is 1. The lowest BCUT2D eigenvalue weighted by atomic mass is 10.1. The summed E-state index contributed by atoms with van der Waals surface area (Å²) in [5.41, 5.74) is 0.196. The fourth-order valence-corrected chi connectivity index (χ4v) is 2.64. The van der Waals surface area contributed by atoms with Crippen molar-refractivity contribution in [1.82, 2.24) is 4.98 Å². The molecule has 0 saturated heterocycles. The highest BCUT2D eigenvalue weighted by Gasteiger charge is 2.23. The van der Waals surface area contributed by atoms with Crippen LogP contribution in [-0.2, 0) is 4.74 Å². The summed E-state index contributed by atoms with van der Waals surface area (Å²) < 4.78 is 15.6. The van der Waals surface area contributed by atoms with Crippen LogP contribution in [0.4, 0.5) is 5.69 Å². The number of fused-ring (bicyclic) bond motifs is 1. The van der Waals surface area contributed by atoms with E-state index in [1.807, 2.05) is 0 Å². The number of oxazole rings is 1. The van der Waals surface area contributed by atoms with Crippen molar-refractivity contribution in [3.63, 3.8) is 0 Å². The lowest BCUT2D eigenvalue weighted by Crippen LogP contribution is -2.06. The van der Waals surface area contributed by atoms with Crippen molar-refractivity contribution in [2.45, 2.75) is 0 Å². The number of nitrogens with zero attached hydrogens (tertiary/aromatic N) is 2. The molecule has 136 valence electrons. The van der Waals surface area contributed by atoms with E-state index in [2.05, 4.69) is 10.9 Å². The van der Waals surface area contributed by atoms with E-state index >= 15 is 0 Å². The number of rotatable bonds is 5. The monoisotopic (exact) mass is 386 g/mol. The molecule has 9 heteroatoms. The number of benzene rings is 2. The van der Waals surface area contributed by atoms with Gasteiger partial charge in [0.05, 0.1) is 17.1 Å². The number of non-ortho nitro benzene ring substituents is 1. The van der Waals surface area contributed by atoms with Crippen LogP contribution in [0.5, 0.6) is 5.75 Å². The summed E-state index contributed by atoms with van der Waals surface area (Å²) in [5, 5.41) is 11.5. The molecule has 0 spiro atoms. The SMILES string of the molecule is C#CCOC(=O)c1cc([N+](=O)[O-])cc2nc(-c3ccc(OC)c(Cl)c3)oc12. The predicted molar refractivity (Wildman–Crippen MR) is 96.8 cm³/mol. The Kier molecular flexibility index (Phi) is 4.96. The molecule has 0 saturated carbocycles. The largest absolute Gasteiger partial charge is 0.495 e. The number of terminal acetylenes is 1. The number of carbonyl (C=O) groups is 1. The fraction of sp³-hybridized carbons (Fsp3) is 0.111. The van der Waals surface area contributed by atoms with Crippen LogP contribution in [0, 0.1) is 22.5 Å². The maximum absolute atomic E-state index is 12.2. The molecule has 3 rings (SSSR count). The highest BCUT2D eigenvalue weighted by Crippen LogP contribution is 2.33. The highest BCUT2D eigenvalue weighted by atomic mass is 35.5. The van der Waals surface area contributed by atoms with Gasteiger partial charge >= 0.3 is 5.97 Å². The molecule has 0 unspecified atom stereocenters. The number of nitro benzene ring substituents is 1. The summed E-state index contributed by atoms with van der Waals surface area (Å²) >= 11 is 6.11. The van der Waals surface area contributed by atoms with Crippen LogP contribution in [0.25, 0.3) is 22.6 Å². The third kappa shape index (κ3) is 3.54. The Morgan fingerprint density at radius 2 is 2.19 bits per heavy atom. The van der Waals surface area contributed by atoms with E-state index in [1.165, 1.54) is 13.2 Å². The summed E-state index contributed by atoms with van der Waals surface area (Å²) in [6, 6.07) is 7.09. The first-order chi connectivity index (χ1) is 12.9. The standard InChI is InChI=1S/C18H11ClN2O6/c1-3-6-26-18(22)12-8-11(21(23)24)9-14-16(12)27-17(20-14)10-4-5-15(25-2)13(19)7-10/h1,4-5,7-9H,6H2,2H3. The van der Waals surface area contributed by atoms with Gasteiger partial charge in [-0.2, -0.15) is 0 Å². The van der Waals surface area contributed by atoms with Gasteiger partial charge in [-0.3, -0.25) is 10.1 Å². The van der Waals surface area contributed by atoms with Crippen LogP contribution >= 0.6 is 11.6 Å².